The third-order valence-corrected chi connectivity index (χ3v) is 5.52. The highest BCUT2D eigenvalue weighted by Crippen LogP contribution is 2.36. The van der Waals surface area contributed by atoms with Crippen LogP contribution < -0.4 is 31.4 Å². The van der Waals surface area contributed by atoms with Crippen molar-refractivity contribution in [3.8, 4) is 11.5 Å². The maximum absolute atomic E-state index is 12.9. The minimum atomic E-state index is -0.831. The van der Waals surface area contributed by atoms with Crippen LogP contribution in [-0.2, 0) is 6.54 Å². The standard InChI is InChI=1S/C19H14BrN3O6/c1-28-10-4-3-9(20)8(17(10)29-2)7-23-18(26)11-12(19(23)27)16(25)14-13(15(11)24)21-5-6-22-14/h3-6,21-22H,7H2,1-2H3. The molecule has 0 saturated carbocycles. The number of aromatic amines is 2. The molecule has 0 fully saturated rings. The number of ether oxygens (including phenoxy) is 2. The number of hydrogen-bond donors (Lipinski definition) is 2. The number of nitrogens with one attached hydrogen (secondary N) is 2. The number of aromatic nitrogens is 3. The summed E-state index contributed by atoms with van der Waals surface area (Å²) in [6.45, 7) is -0.212. The van der Waals surface area contributed by atoms with Gasteiger partial charge in [0, 0.05) is 22.4 Å². The van der Waals surface area contributed by atoms with Crippen molar-refractivity contribution in [1.29, 1.82) is 0 Å². The van der Waals surface area contributed by atoms with Crippen LogP contribution in [0.25, 0.3) is 21.8 Å². The molecule has 2 aromatic carbocycles. The minimum Gasteiger partial charge on any atom is -0.493 e. The smallest absolute Gasteiger partial charge is 0.266 e. The Balaban J connectivity index is 2.07. The second-order valence-corrected chi connectivity index (χ2v) is 7.09. The molecule has 29 heavy (non-hydrogen) atoms. The van der Waals surface area contributed by atoms with E-state index in [1.54, 1.807) is 12.1 Å². The Morgan fingerprint density at radius 3 is 1.93 bits per heavy atom. The Hall–Kier alpha value is -3.40. The lowest BCUT2D eigenvalue weighted by molar-refractivity contribution is 0.350. The normalized spacial score (nSPS) is 11.3. The number of nitrogens with zero attached hydrogens (tertiary/aromatic N) is 1. The first-order valence-electron chi connectivity index (χ1n) is 8.42. The highest BCUT2D eigenvalue weighted by atomic mass is 79.9. The molecule has 0 aliphatic rings. The van der Waals surface area contributed by atoms with Crippen LogP contribution in [0.1, 0.15) is 5.56 Å². The van der Waals surface area contributed by atoms with E-state index in [1.807, 2.05) is 0 Å². The van der Waals surface area contributed by atoms with Crippen LogP contribution >= 0.6 is 15.9 Å². The van der Waals surface area contributed by atoms with Crippen molar-refractivity contribution < 1.29 is 9.47 Å². The van der Waals surface area contributed by atoms with E-state index in [2.05, 4.69) is 25.9 Å². The SMILES string of the molecule is COc1ccc(Br)c(Cn2c(=O)c3c(=O)c4[nH]cc[nH]c4c(=O)c3c2=O)c1OC. The van der Waals surface area contributed by atoms with Gasteiger partial charge in [-0.2, -0.15) is 0 Å². The van der Waals surface area contributed by atoms with Crippen LogP contribution in [0.15, 0.2) is 48.2 Å². The molecule has 4 aromatic rings. The number of rotatable bonds is 4. The summed E-state index contributed by atoms with van der Waals surface area (Å²) in [6.07, 6.45) is 2.85. The molecule has 0 aliphatic heterocycles. The molecule has 2 heterocycles. The van der Waals surface area contributed by atoms with Crippen molar-refractivity contribution in [1.82, 2.24) is 14.5 Å². The largest absolute Gasteiger partial charge is 0.493 e. The van der Waals surface area contributed by atoms with Crippen molar-refractivity contribution in [3.05, 3.63) is 75.7 Å². The third kappa shape index (κ3) is 2.67. The van der Waals surface area contributed by atoms with Crippen LogP contribution in [0.3, 0.4) is 0 Å². The molecule has 0 spiro atoms. The van der Waals surface area contributed by atoms with Crippen LogP contribution in [-0.4, -0.2) is 28.8 Å². The number of fused-ring (bicyclic) bond motifs is 2. The fourth-order valence-electron chi connectivity index (χ4n) is 3.42. The first kappa shape index (κ1) is 18.9. The van der Waals surface area contributed by atoms with E-state index < -0.39 is 32.7 Å². The monoisotopic (exact) mass is 459 g/mol. The molecular weight excluding hydrogens is 446 g/mol. The number of halogens is 1. The van der Waals surface area contributed by atoms with E-state index in [-0.39, 0.29) is 17.6 Å². The molecule has 0 bridgehead atoms. The molecular formula is C19H14BrN3O6. The summed E-state index contributed by atoms with van der Waals surface area (Å²) in [6, 6.07) is 3.35. The Morgan fingerprint density at radius 2 is 1.45 bits per heavy atom. The zero-order valence-electron chi connectivity index (χ0n) is 15.3. The number of H-pyrrole nitrogens is 2. The van der Waals surface area contributed by atoms with Crippen LogP contribution in [0.4, 0.5) is 0 Å². The summed E-state index contributed by atoms with van der Waals surface area (Å²) in [5, 5.41) is -0.859. The second-order valence-electron chi connectivity index (χ2n) is 6.24. The first-order chi connectivity index (χ1) is 13.9. The molecule has 0 saturated heterocycles. The molecule has 0 atom stereocenters. The Labute approximate surface area is 170 Å². The molecule has 0 unspecified atom stereocenters. The van der Waals surface area contributed by atoms with Crippen molar-refractivity contribution >= 4 is 37.7 Å². The van der Waals surface area contributed by atoms with Crippen molar-refractivity contribution in [2.24, 2.45) is 0 Å². The molecule has 4 rings (SSSR count). The molecule has 0 amide bonds. The van der Waals surface area contributed by atoms with E-state index in [4.69, 9.17) is 9.47 Å². The topological polar surface area (TPSA) is 123 Å². The molecule has 2 aromatic heterocycles. The van der Waals surface area contributed by atoms with Gasteiger partial charge < -0.3 is 19.4 Å². The van der Waals surface area contributed by atoms with E-state index in [0.717, 1.165) is 4.57 Å². The summed E-state index contributed by atoms with van der Waals surface area (Å²) in [4.78, 5) is 56.8. The van der Waals surface area contributed by atoms with Crippen molar-refractivity contribution in [3.63, 3.8) is 0 Å². The van der Waals surface area contributed by atoms with Crippen molar-refractivity contribution in [2.45, 2.75) is 6.54 Å². The van der Waals surface area contributed by atoms with E-state index >= 15 is 0 Å². The Kier molecular flexibility index (Phi) is 4.50. The number of hydrogen-bond acceptors (Lipinski definition) is 6. The molecule has 0 radical (unpaired) electrons. The Morgan fingerprint density at radius 1 is 0.897 bits per heavy atom. The summed E-state index contributed by atoms with van der Waals surface area (Å²) < 4.78 is 12.1. The fourth-order valence-corrected chi connectivity index (χ4v) is 3.85. The van der Waals surface area contributed by atoms with Gasteiger partial charge in [-0.15, -0.1) is 0 Å². The zero-order valence-corrected chi connectivity index (χ0v) is 16.9. The minimum absolute atomic E-state index is 0.0561. The van der Waals surface area contributed by atoms with Crippen molar-refractivity contribution in [2.75, 3.05) is 14.2 Å². The van der Waals surface area contributed by atoms with Gasteiger partial charge in [0.1, 0.15) is 21.8 Å². The summed E-state index contributed by atoms with van der Waals surface area (Å²) in [5.41, 5.74) is -2.72. The van der Waals surface area contributed by atoms with E-state index in [1.165, 1.54) is 26.6 Å². The lowest BCUT2D eigenvalue weighted by Gasteiger charge is -2.14. The highest BCUT2D eigenvalue weighted by Gasteiger charge is 2.24. The molecule has 2 N–H and O–H groups in total. The highest BCUT2D eigenvalue weighted by molar-refractivity contribution is 9.10. The number of methoxy groups -OCH3 is 2. The molecule has 0 aliphatic carbocycles. The predicted molar refractivity (Wildman–Crippen MR) is 111 cm³/mol. The average Bonchev–Trinajstić information content (AvgIpc) is 2.98. The molecule has 9 nitrogen and oxygen atoms in total. The average molecular weight is 460 g/mol. The van der Waals surface area contributed by atoms with Crippen LogP contribution in [0.2, 0.25) is 0 Å². The molecule has 10 heteroatoms. The predicted octanol–water partition coefficient (Wildman–Crippen LogP) is 1.16. The van der Waals surface area contributed by atoms with Crippen LogP contribution in [0.5, 0.6) is 11.5 Å². The van der Waals surface area contributed by atoms with Gasteiger partial charge in [-0.05, 0) is 12.1 Å². The van der Waals surface area contributed by atoms with Gasteiger partial charge in [-0.25, -0.2) is 0 Å². The maximum atomic E-state index is 12.9. The zero-order chi connectivity index (χ0) is 20.9. The van der Waals surface area contributed by atoms with E-state index in [0.29, 0.717) is 21.5 Å². The summed E-state index contributed by atoms with van der Waals surface area (Å²) >= 11 is 3.38. The fraction of sp³-hybridized carbons (Fsp3) is 0.158. The van der Waals surface area contributed by atoms with Gasteiger partial charge in [0.05, 0.1) is 20.8 Å². The molecule has 148 valence electrons. The lowest BCUT2D eigenvalue weighted by Crippen LogP contribution is -2.27. The number of benzene rings is 2. The summed E-state index contributed by atoms with van der Waals surface area (Å²) in [7, 11) is 2.89. The van der Waals surface area contributed by atoms with Gasteiger partial charge in [0.2, 0.25) is 10.9 Å². The van der Waals surface area contributed by atoms with Gasteiger partial charge in [0.25, 0.3) is 11.1 Å². The van der Waals surface area contributed by atoms with Gasteiger partial charge >= 0.3 is 0 Å². The first-order valence-corrected chi connectivity index (χ1v) is 9.21. The quantitative estimate of drug-likeness (QED) is 0.471. The summed E-state index contributed by atoms with van der Waals surface area (Å²) in [5.74, 6) is 0.737. The van der Waals surface area contributed by atoms with E-state index in [9.17, 15) is 19.2 Å². The Bertz CT molecular complexity index is 1420. The second kappa shape index (κ2) is 6.89. The van der Waals surface area contributed by atoms with Gasteiger partial charge in [-0.3, -0.25) is 23.7 Å². The van der Waals surface area contributed by atoms with Crippen LogP contribution in [0, 0.1) is 0 Å². The third-order valence-electron chi connectivity index (χ3n) is 4.77. The van der Waals surface area contributed by atoms with Gasteiger partial charge in [0.15, 0.2) is 11.5 Å². The maximum Gasteiger partial charge on any atom is 0.266 e. The van der Waals surface area contributed by atoms with Gasteiger partial charge in [-0.1, -0.05) is 15.9 Å². The lowest BCUT2D eigenvalue weighted by atomic mass is 10.1.